The van der Waals surface area contributed by atoms with Crippen LogP contribution in [0, 0.1) is 10.8 Å². The van der Waals surface area contributed by atoms with Gasteiger partial charge in [0, 0.05) is 0 Å². The molecule has 3 heteroatoms. The Hall–Kier alpha value is -2.31. The molecule has 0 spiro atoms. The molecule has 3 aromatic carbocycles. The zero-order valence-electron chi connectivity index (χ0n) is 30.1. The second kappa shape index (κ2) is 15.3. The van der Waals surface area contributed by atoms with Gasteiger partial charge in [-0.15, -0.1) is 0 Å². The van der Waals surface area contributed by atoms with Crippen LogP contribution < -0.4 is 35.3 Å². The summed E-state index contributed by atoms with van der Waals surface area (Å²) in [6, 6.07) is 30.1. The van der Waals surface area contributed by atoms with Crippen molar-refractivity contribution >= 4 is 12.1 Å². The minimum absolute atomic E-state index is 0. The third-order valence-electron chi connectivity index (χ3n) is 10.3. The summed E-state index contributed by atoms with van der Waals surface area (Å²) in [5.74, 6) is 0. The number of hydrogen-bond donors (Lipinski definition) is 0. The van der Waals surface area contributed by atoms with Gasteiger partial charge in [-0.05, 0) is 0 Å². The summed E-state index contributed by atoms with van der Waals surface area (Å²) in [6.45, 7) is 19.3. The van der Waals surface area contributed by atoms with Crippen molar-refractivity contribution in [3.8, 4) is 0 Å². The zero-order chi connectivity index (χ0) is 32.7. The van der Waals surface area contributed by atoms with Crippen LogP contribution in [-0.2, 0) is 28.2 Å². The first kappa shape index (κ1) is 38.5. The van der Waals surface area contributed by atoms with Crippen LogP contribution in [0.1, 0.15) is 104 Å². The summed E-state index contributed by atoms with van der Waals surface area (Å²) in [5.41, 5.74) is 12.2. The van der Waals surface area contributed by atoms with Gasteiger partial charge in [-0.1, -0.05) is 0 Å². The molecule has 3 aliphatic carbocycles. The van der Waals surface area contributed by atoms with Crippen LogP contribution in [0.25, 0.3) is 8.85 Å². The quantitative estimate of drug-likeness (QED) is 0.321. The van der Waals surface area contributed by atoms with Crippen LogP contribution in [0.3, 0.4) is 0 Å². The van der Waals surface area contributed by atoms with Crippen LogP contribution >= 0.6 is 0 Å². The maximum atomic E-state index is 2.78. The maximum Gasteiger partial charge on any atom is -1.00 e. The van der Waals surface area contributed by atoms with E-state index in [0.717, 1.165) is 19.3 Å². The molecule has 1 unspecified atom stereocenters. The monoisotopic (exact) mass is 751 g/mol. The van der Waals surface area contributed by atoms with Gasteiger partial charge in [0.15, 0.2) is 0 Å². The standard InChI is InChI=1S/C32H41.C13H10.2ClH.Zr/c1-9-13-23-21-32(18-10-2,31(6,7)8)29(22-14-11-12-15-22)27-20-24-19-25(30(3,4)5)16-17-26(24)28(23)27;1-3-7-12(8-4-1)11-13-9-5-2-6-10-13;;;/h11-12,14,16-17,19,21H,9-10,13,15,18H2,1-8H3;1-10H;2*1H;/q;;;;+2/p-2. The number of hydrogen-bond acceptors (Lipinski definition) is 0. The number of benzene rings is 3. The first-order valence-electron chi connectivity index (χ1n) is 17.5. The summed E-state index contributed by atoms with van der Waals surface area (Å²) in [4.78, 5) is 0. The van der Waals surface area contributed by atoms with Crippen molar-refractivity contribution in [2.45, 2.75) is 92.9 Å². The van der Waals surface area contributed by atoms with Gasteiger partial charge in [0.1, 0.15) is 0 Å². The summed E-state index contributed by atoms with van der Waals surface area (Å²) in [5, 5.41) is 2.99. The SMILES string of the molecule is CCCC1=CC(CCC)(C(C)(C)C)C(C2=CC=CC2)=C2[C]([Zr+2]=[C](c3ccccc3)c3ccccc3)=c3cc(C(C)(C)C)ccc3=C12.[Cl-].[Cl-]. The van der Waals surface area contributed by atoms with Gasteiger partial charge in [0.05, 0.1) is 0 Å². The van der Waals surface area contributed by atoms with E-state index in [4.69, 9.17) is 0 Å². The van der Waals surface area contributed by atoms with Gasteiger partial charge in [0.25, 0.3) is 0 Å². The van der Waals surface area contributed by atoms with E-state index in [1.807, 2.05) is 0 Å². The van der Waals surface area contributed by atoms with E-state index in [2.05, 4.69) is 159 Å². The van der Waals surface area contributed by atoms with Gasteiger partial charge < -0.3 is 24.8 Å². The number of fused-ring (bicyclic) bond motifs is 2. The van der Waals surface area contributed by atoms with Crippen LogP contribution in [0.15, 0.2) is 125 Å². The van der Waals surface area contributed by atoms with Crippen molar-refractivity contribution in [1.29, 1.82) is 0 Å². The molecule has 0 fully saturated rings. The Bertz CT molecular complexity index is 1880. The molecule has 0 aromatic heterocycles. The van der Waals surface area contributed by atoms with Crippen LogP contribution in [0.4, 0.5) is 0 Å². The van der Waals surface area contributed by atoms with Crippen molar-refractivity contribution in [2.75, 3.05) is 0 Å². The number of allylic oxidation sites excluding steroid dienone is 8. The van der Waals surface area contributed by atoms with Crippen molar-refractivity contribution in [2.24, 2.45) is 10.8 Å². The normalized spacial score (nSPS) is 18.3. The maximum absolute atomic E-state index is 2.78. The first-order chi connectivity index (χ1) is 22.0. The van der Waals surface area contributed by atoms with Crippen molar-refractivity contribution in [3.63, 3.8) is 0 Å². The van der Waals surface area contributed by atoms with Gasteiger partial charge in [0.2, 0.25) is 0 Å². The van der Waals surface area contributed by atoms with Gasteiger partial charge >= 0.3 is 291 Å². The molecular formula is C45H51Cl2Zr. The summed E-state index contributed by atoms with van der Waals surface area (Å²) in [7, 11) is 0. The summed E-state index contributed by atoms with van der Waals surface area (Å²) in [6.07, 6.45) is 15.5. The summed E-state index contributed by atoms with van der Waals surface area (Å²) >= 11 is -1.36. The average Bonchev–Trinajstić information content (AvgIpc) is 3.67. The fourth-order valence-electron chi connectivity index (χ4n) is 7.96. The van der Waals surface area contributed by atoms with E-state index in [9.17, 15) is 0 Å². The van der Waals surface area contributed by atoms with E-state index in [1.165, 1.54) is 45.5 Å². The van der Waals surface area contributed by atoms with E-state index in [1.54, 1.807) is 28.8 Å². The molecule has 0 saturated carbocycles. The molecule has 3 aromatic rings. The van der Waals surface area contributed by atoms with E-state index >= 15 is 0 Å². The van der Waals surface area contributed by atoms with Crippen molar-refractivity contribution < 1.29 is 47.6 Å². The Kier molecular flexibility index (Phi) is 12.3. The molecule has 0 nitrogen and oxygen atoms in total. The molecule has 3 aliphatic rings. The molecule has 48 heavy (non-hydrogen) atoms. The van der Waals surface area contributed by atoms with Crippen LogP contribution in [0.2, 0.25) is 0 Å². The fourth-order valence-corrected chi connectivity index (χ4v) is 11.9. The molecule has 0 amide bonds. The molecule has 1 atom stereocenters. The van der Waals surface area contributed by atoms with Crippen molar-refractivity contribution in [3.05, 3.63) is 153 Å². The predicted molar refractivity (Wildman–Crippen MR) is 196 cm³/mol. The fraction of sp³-hybridized carbons (Fsp3) is 0.356. The van der Waals surface area contributed by atoms with E-state index in [0.29, 0.717) is 0 Å². The number of halogens is 2. The van der Waals surface area contributed by atoms with Gasteiger partial charge in [-0.3, -0.25) is 0 Å². The molecule has 0 saturated heterocycles. The molecule has 0 radical (unpaired) electrons. The van der Waals surface area contributed by atoms with Gasteiger partial charge in [-0.2, -0.15) is 0 Å². The molecule has 0 heterocycles. The molecule has 0 N–H and O–H groups in total. The Labute approximate surface area is 313 Å². The van der Waals surface area contributed by atoms with Crippen LogP contribution in [-0.4, -0.2) is 3.21 Å². The van der Waals surface area contributed by atoms with Crippen molar-refractivity contribution in [1.82, 2.24) is 0 Å². The third-order valence-corrected chi connectivity index (χ3v) is 14.3. The molecule has 0 bridgehead atoms. The average molecular weight is 754 g/mol. The largest absolute Gasteiger partial charge is 1.00 e. The second-order valence-electron chi connectivity index (χ2n) is 15.5. The Balaban J connectivity index is 0.00000260. The topological polar surface area (TPSA) is 0 Å². The minimum Gasteiger partial charge on any atom is -1.00 e. The van der Waals surface area contributed by atoms with Crippen LogP contribution in [0.5, 0.6) is 0 Å². The Morgan fingerprint density at radius 1 is 0.750 bits per heavy atom. The number of rotatable bonds is 8. The van der Waals surface area contributed by atoms with E-state index < -0.39 is 22.8 Å². The molecule has 249 valence electrons. The molecular weight excluding hydrogens is 703 g/mol. The van der Waals surface area contributed by atoms with Gasteiger partial charge in [-0.25, -0.2) is 0 Å². The predicted octanol–water partition coefficient (Wildman–Crippen LogP) is 4.37. The Morgan fingerprint density at radius 3 is 1.88 bits per heavy atom. The Morgan fingerprint density at radius 2 is 1.38 bits per heavy atom. The zero-order valence-corrected chi connectivity index (χ0v) is 34.1. The summed E-state index contributed by atoms with van der Waals surface area (Å²) < 4.78 is 3.25. The molecule has 0 aliphatic heterocycles. The molecule has 6 rings (SSSR count). The second-order valence-corrected chi connectivity index (χ2v) is 18.5. The third kappa shape index (κ3) is 7.00. The van der Waals surface area contributed by atoms with E-state index in [-0.39, 0.29) is 41.1 Å². The minimum atomic E-state index is -1.36. The smallest absolute Gasteiger partial charge is 1.00 e. The first-order valence-corrected chi connectivity index (χ1v) is 19.9.